The van der Waals surface area contributed by atoms with Gasteiger partial charge in [0.25, 0.3) is 5.91 Å². The van der Waals surface area contributed by atoms with Crippen LogP contribution in [0, 0.1) is 0 Å². The molecule has 0 unspecified atom stereocenters. The third kappa shape index (κ3) is 4.39. The van der Waals surface area contributed by atoms with E-state index in [1.54, 1.807) is 42.5 Å². The fourth-order valence-corrected chi connectivity index (χ4v) is 4.61. The summed E-state index contributed by atoms with van der Waals surface area (Å²) in [5.41, 5.74) is 3.48. The van der Waals surface area contributed by atoms with Crippen LogP contribution in [0.25, 0.3) is 10.1 Å². The molecule has 5 rings (SSSR count). The predicted octanol–water partition coefficient (Wildman–Crippen LogP) is 5.27. The number of benzene rings is 3. The Morgan fingerprint density at radius 2 is 1.88 bits per heavy atom. The molecule has 1 amide bonds. The molecule has 0 spiro atoms. The second kappa shape index (κ2) is 8.93. The highest BCUT2D eigenvalue weighted by molar-refractivity contribution is 7.21. The van der Waals surface area contributed by atoms with E-state index in [0.717, 1.165) is 10.1 Å². The van der Waals surface area contributed by atoms with Gasteiger partial charge in [-0.3, -0.25) is 4.79 Å². The number of amides is 1. The first kappa shape index (κ1) is 21.0. The van der Waals surface area contributed by atoms with Crippen molar-refractivity contribution in [1.82, 2.24) is 5.43 Å². The van der Waals surface area contributed by atoms with Crippen molar-refractivity contribution in [3.8, 4) is 17.2 Å². The average Bonchev–Trinajstić information content (AvgIpc) is 3.43. The molecule has 0 aliphatic carbocycles. The van der Waals surface area contributed by atoms with Crippen molar-refractivity contribution in [2.24, 2.45) is 5.10 Å². The maximum atomic E-state index is 12.7. The van der Waals surface area contributed by atoms with Crippen LogP contribution in [0.2, 0.25) is 5.02 Å². The highest BCUT2D eigenvalue weighted by atomic mass is 35.5. The van der Waals surface area contributed by atoms with Gasteiger partial charge in [0.05, 0.1) is 11.2 Å². The van der Waals surface area contributed by atoms with Crippen molar-refractivity contribution < 1.29 is 23.8 Å². The molecule has 1 N–H and O–H groups in total. The largest absolute Gasteiger partial charge is 0.454 e. The van der Waals surface area contributed by atoms with E-state index >= 15 is 0 Å². The minimum absolute atomic E-state index is 0.134. The van der Waals surface area contributed by atoms with Crippen molar-refractivity contribution in [3.63, 3.8) is 0 Å². The molecule has 33 heavy (non-hydrogen) atoms. The number of nitrogens with zero attached hydrogens (tertiary/aromatic N) is 1. The molecule has 4 aromatic rings. The number of thiophene rings is 1. The molecule has 0 bridgehead atoms. The summed E-state index contributed by atoms with van der Waals surface area (Å²) in [5.74, 6) is 0.510. The van der Waals surface area contributed by atoms with Crippen molar-refractivity contribution in [2.45, 2.75) is 0 Å². The molecule has 1 aromatic heterocycles. The van der Waals surface area contributed by atoms with Gasteiger partial charge >= 0.3 is 5.97 Å². The van der Waals surface area contributed by atoms with Gasteiger partial charge in [0.15, 0.2) is 11.5 Å². The summed E-state index contributed by atoms with van der Waals surface area (Å²) in [7, 11) is 0. The molecule has 0 saturated heterocycles. The van der Waals surface area contributed by atoms with Gasteiger partial charge in [-0.1, -0.05) is 41.9 Å². The summed E-state index contributed by atoms with van der Waals surface area (Å²) >= 11 is 7.64. The molecule has 3 aromatic carbocycles. The van der Waals surface area contributed by atoms with E-state index < -0.39 is 11.9 Å². The van der Waals surface area contributed by atoms with Crippen LogP contribution in [0.5, 0.6) is 17.2 Å². The van der Waals surface area contributed by atoms with Crippen LogP contribution < -0.4 is 19.6 Å². The fourth-order valence-electron chi connectivity index (χ4n) is 3.22. The topological polar surface area (TPSA) is 86.2 Å². The Labute approximate surface area is 197 Å². The molecule has 2 heterocycles. The Kier molecular flexibility index (Phi) is 5.68. The molecule has 0 atom stereocenters. The van der Waals surface area contributed by atoms with Crippen LogP contribution in [0.4, 0.5) is 0 Å². The molecule has 9 heteroatoms. The summed E-state index contributed by atoms with van der Waals surface area (Å²) in [4.78, 5) is 25.3. The summed E-state index contributed by atoms with van der Waals surface area (Å²) in [5, 5.41) is 5.17. The first-order valence-corrected chi connectivity index (χ1v) is 11.0. The Hall–Kier alpha value is -3.88. The van der Waals surface area contributed by atoms with Crippen LogP contribution >= 0.6 is 22.9 Å². The lowest BCUT2D eigenvalue weighted by molar-refractivity contribution is 0.0739. The molecule has 0 fully saturated rings. The number of esters is 1. The first-order valence-electron chi connectivity index (χ1n) is 9.81. The van der Waals surface area contributed by atoms with E-state index in [-0.39, 0.29) is 6.79 Å². The second-order valence-corrected chi connectivity index (χ2v) is 8.40. The van der Waals surface area contributed by atoms with Gasteiger partial charge in [-0.2, -0.15) is 5.10 Å². The maximum Gasteiger partial charge on any atom is 0.355 e. The third-order valence-corrected chi connectivity index (χ3v) is 6.46. The van der Waals surface area contributed by atoms with E-state index in [9.17, 15) is 9.59 Å². The van der Waals surface area contributed by atoms with Crippen LogP contribution in [0.3, 0.4) is 0 Å². The normalized spacial score (nSPS) is 12.3. The van der Waals surface area contributed by atoms with Gasteiger partial charge in [0.2, 0.25) is 6.79 Å². The van der Waals surface area contributed by atoms with E-state index in [2.05, 4.69) is 10.5 Å². The van der Waals surface area contributed by atoms with E-state index in [1.165, 1.54) is 17.6 Å². The number of carbonyl (C=O) groups is 2. The van der Waals surface area contributed by atoms with Gasteiger partial charge in [-0.15, -0.1) is 11.3 Å². The number of halogens is 1. The number of fused-ring (bicyclic) bond motifs is 2. The van der Waals surface area contributed by atoms with E-state index in [1.807, 2.05) is 24.3 Å². The second-order valence-electron chi connectivity index (χ2n) is 6.97. The summed E-state index contributed by atoms with van der Waals surface area (Å²) in [6.07, 6.45) is 1.45. The lowest BCUT2D eigenvalue weighted by Crippen LogP contribution is -2.17. The zero-order chi connectivity index (χ0) is 22.8. The van der Waals surface area contributed by atoms with Gasteiger partial charge < -0.3 is 14.2 Å². The molecule has 164 valence electrons. The number of hydrazone groups is 1. The maximum absolute atomic E-state index is 12.7. The van der Waals surface area contributed by atoms with Crippen LogP contribution in [0.1, 0.15) is 25.6 Å². The number of rotatable bonds is 5. The molecule has 7 nitrogen and oxygen atoms in total. The lowest BCUT2D eigenvalue weighted by Gasteiger charge is -2.04. The molecule has 0 saturated carbocycles. The number of hydrogen-bond acceptors (Lipinski definition) is 7. The number of ether oxygens (including phenoxy) is 3. The average molecular weight is 479 g/mol. The quantitative estimate of drug-likeness (QED) is 0.183. The van der Waals surface area contributed by atoms with Crippen LogP contribution in [-0.4, -0.2) is 24.9 Å². The van der Waals surface area contributed by atoms with Gasteiger partial charge in [-0.05, 0) is 42.0 Å². The zero-order valence-corrected chi connectivity index (χ0v) is 18.5. The van der Waals surface area contributed by atoms with Crippen molar-refractivity contribution in [3.05, 3.63) is 87.8 Å². The van der Waals surface area contributed by atoms with E-state index in [0.29, 0.717) is 38.3 Å². The zero-order valence-electron chi connectivity index (χ0n) is 16.9. The highest BCUT2D eigenvalue weighted by Crippen LogP contribution is 2.36. The molecule has 1 aliphatic heterocycles. The molecular weight excluding hydrogens is 464 g/mol. The minimum atomic E-state index is -0.536. The summed E-state index contributed by atoms with van der Waals surface area (Å²) in [6.45, 7) is 0.134. The monoisotopic (exact) mass is 478 g/mol. The fraction of sp³-hybridized carbons (Fsp3) is 0.0417. The van der Waals surface area contributed by atoms with E-state index in [4.69, 9.17) is 25.8 Å². The summed E-state index contributed by atoms with van der Waals surface area (Å²) in [6, 6.07) is 19.2. The smallest absolute Gasteiger partial charge is 0.355 e. The lowest BCUT2D eigenvalue weighted by atomic mass is 10.2. The SMILES string of the molecule is O=C(N/N=C/c1cccc(OC(=O)c2sc3ccccc3c2Cl)c1)c1ccc2c(c1)OCO2. The van der Waals surface area contributed by atoms with Crippen LogP contribution in [-0.2, 0) is 0 Å². The number of nitrogens with one attached hydrogen (secondary N) is 1. The molecule has 0 radical (unpaired) electrons. The van der Waals surface area contributed by atoms with Crippen molar-refractivity contribution >= 4 is 51.1 Å². The summed E-state index contributed by atoms with van der Waals surface area (Å²) < 4.78 is 16.9. The Bertz CT molecular complexity index is 1420. The Morgan fingerprint density at radius 1 is 1.03 bits per heavy atom. The van der Waals surface area contributed by atoms with Crippen LogP contribution in [0.15, 0.2) is 71.8 Å². The molecular formula is C24H15ClN2O5S. The highest BCUT2D eigenvalue weighted by Gasteiger charge is 2.19. The third-order valence-electron chi connectivity index (χ3n) is 4.80. The molecule has 1 aliphatic rings. The van der Waals surface area contributed by atoms with Gasteiger partial charge in [0.1, 0.15) is 10.6 Å². The van der Waals surface area contributed by atoms with Crippen molar-refractivity contribution in [2.75, 3.05) is 6.79 Å². The Balaban J connectivity index is 1.25. The standard InChI is InChI=1S/C24H15ClN2O5S/c25-21-17-6-1-2-7-20(17)33-22(21)24(29)32-16-5-3-4-14(10-16)12-26-27-23(28)15-8-9-18-19(11-15)31-13-30-18/h1-12H,13H2,(H,27,28)/b26-12+. The van der Waals surface area contributed by atoms with Crippen molar-refractivity contribution in [1.29, 1.82) is 0 Å². The number of hydrogen-bond donors (Lipinski definition) is 1. The number of carbonyl (C=O) groups excluding carboxylic acids is 2. The van der Waals surface area contributed by atoms with Gasteiger partial charge in [-0.25, -0.2) is 10.2 Å². The minimum Gasteiger partial charge on any atom is -0.454 e. The first-order chi connectivity index (χ1) is 16.1. The van der Waals surface area contributed by atoms with Gasteiger partial charge in [0, 0.05) is 15.6 Å². The predicted molar refractivity (Wildman–Crippen MR) is 126 cm³/mol. The Morgan fingerprint density at radius 3 is 2.76 bits per heavy atom.